The number of aromatic amines is 1. The number of H-pyrrole nitrogens is 1. The van der Waals surface area contributed by atoms with E-state index in [1.54, 1.807) is 24.8 Å². The molecule has 0 spiro atoms. The monoisotopic (exact) mass is 399 g/mol. The molecular weight excluding hydrogens is 378 g/mol. The number of fused-ring (bicyclic) bond motifs is 1. The lowest BCUT2D eigenvalue weighted by molar-refractivity contribution is -0.117. The summed E-state index contributed by atoms with van der Waals surface area (Å²) in [5.41, 5.74) is 11.0. The minimum Gasteiger partial charge on any atom is -0.383 e. The van der Waals surface area contributed by atoms with Gasteiger partial charge in [-0.15, -0.1) is 0 Å². The maximum absolute atomic E-state index is 12.7. The Morgan fingerprint density at radius 2 is 2.10 bits per heavy atom. The van der Waals surface area contributed by atoms with Crippen LogP contribution in [0.1, 0.15) is 29.2 Å². The topological polar surface area (TPSA) is 122 Å². The third-order valence-corrected chi connectivity index (χ3v) is 5.71. The molecule has 4 N–H and O–H groups in total. The van der Waals surface area contributed by atoms with Gasteiger partial charge >= 0.3 is 0 Å². The minimum absolute atomic E-state index is 0.0298. The first-order valence-electron chi connectivity index (χ1n) is 9.79. The van der Waals surface area contributed by atoms with Gasteiger partial charge in [-0.05, 0) is 60.9 Å². The highest BCUT2D eigenvalue weighted by Crippen LogP contribution is 2.48. The summed E-state index contributed by atoms with van der Waals surface area (Å²) in [7, 11) is 0. The molecule has 2 atom stereocenters. The number of anilines is 2. The summed E-state index contributed by atoms with van der Waals surface area (Å²) >= 11 is 0. The largest absolute Gasteiger partial charge is 0.383 e. The number of hydrogen-bond donors (Lipinski definition) is 3. The quantitative estimate of drug-likeness (QED) is 0.484. The van der Waals surface area contributed by atoms with Gasteiger partial charge in [0.25, 0.3) is 0 Å². The number of nitrogens with one attached hydrogen (secondary N) is 2. The highest BCUT2D eigenvalue weighted by atomic mass is 16.2. The molecule has 8 nitrogen and oxygen atoms in total. The number of rotatable bonds is 4. The first-order valence-corrected chi connectivity index (χ1v) is 9.79. The van der Waals surface area contributed by atoms with Crippen LogP contribution in [-0.2, 0) is 4.79 Å². The number of amides is 1. The first-order chi connectivity index (χ1) is 14.5. The predicted octanol–water partition coefficient (Wildman–Crippen LogP) is 3.36. The van der Waals surface area contributed by atoms with Crippen LogP contribution in [0.3, 0.4) is 0 Å². The van der Waals surface area contributed by atoms with Crippen molar-refractivity contribution in [1.82, 2.24) is 25.1 Å². The molecule has 4 aromatic rings. The van der Waals surface area contributed by atoms with Gasteiger partial charge in [0.1, 0.15) is 11.6 Å². The molecule has 0 bridgehead atoms. The molecular formula is C22H21N7O. The van der Waals surface area contributed by atoms with Crippen molar-refractivity contribution in [3.63, 3.8) is 0 Å². The Balaban J connectivity index is 1.41. The van der Waals surface area contributed by atoms with Crippen molar-refractivity contribution >= 4 is 28.3 Å². The third kappa shape index (κ3) is 3.16. The molecule has 30 heavy (non-hydrogen) atoms. The van der Waals surface area contributed by atoms with Gasteiger partial charge in [0.2, 0.25) is 5.91 Å². The average molecular weight is 399 g/mol. The van der Waals surface area contributed by atoms with Gasteiger partial charge < -0.3 is 11.1 Å². The third-order valence-electron chi connectivity index (χ3n) is 5.71. The van der Waals surface area contributed by atoms with Crippen LogP contribution in [0.2, 0.25) is 0 Å². The molecule has 5 rings (SSSR count). The van der Waals surface area contributed by atoms with Crippen LogP contribution in [0.15, 0.2) is 43.0 Å². The van der Waals surface area contributed by atoms with Gasteiger partial charge in [-0.2, -0.15) is 5.10 Å². The lowest BCUT2D eigenvalue weighted by Gasteiger charge is -2.10. The van der Waals surface area contributed by atoms with Crippen LogP contribution in [0.4, 0.5) is 11.6 Å². The number of nitrogens with two attached hydrogens (primary N) is 1. The second-order valence-electron chi connectivity index (χ2n) is 7.76. The fourth-order valence-electron chi connectivity index (χ4n) is 3.89. The molecule has 8 heteroatoms. The Bertz CT molecular complexity index is 1280. The molecule has 0 aliphatic heterocycles. The first kappa shape index (κ1) is 18.2. The zero-order valence-electron chi connectivity index (χ0n) is 16.7. The number of aromatic nitrogens is 5. The van der Waals surface area contributed by atoms with Crippen LogP contribution in [0.25, 0.3) is 22.0 Å². The number of aryl methyl sites for hydroxylation is 2. The van der Waals surface area contributed by atoms with Crippen molar-refractivity contribution < 1.29 is 4.79 Å². The lowest BCUT2D eigenvalue weighted by atomic mass is 10.1. The number of nitrogen functional groups attached to an aromatic ring is 1. The number of carbonyl (C=O) groups excluding carboxylic acids is 1. The summed E-state index contributed by atoms with van der Waals surface area (Å²) in [6.07, 6.45) is 7.80. The average Bonchev–Trinajstić information content (AvgIpc) is 3.41. The van der Waals surface area contributed by atoms with Crippen molar-refractivity contribution in [3.8, 4) is 11.3 Å². The Labute approximate surface area is 173 Å². The second-order valence-corrected chi connectivity index (χ2v) is 7.76. The zero-order valence-corrected chi connectivity index (χ0v) is 16.7. The fourth-order valence-corrected chi connectivity index (χ4v) is 3.89. The molecule has 150 valence electrons. The Morgan fingerprint density at radius 1 is 1.23 bits per heavy atom. The van der Waals surface area contributed by atoms with Crippen molar-refractivity contribution in [1.29, 1.82) is 0 Å². The highest BCUT2D eigenvalue weighted by Gasteiger charge is 2.45. The molecule has 1 aliphatic carbocycles. The van der Waals surface area contributed by atoms with Crippen LogP contribution >= 0.6 is 0 Å². The van der Waals surface area contributed by atoms with E-state index in [9.17, 15) is 4.79 Å². The Hall–Kier alpha value is -3.81. The summed E-state index contributed by atoms with van der Waals surface area (Å²) < 4.78 is 0. The van der Waals surface area contributed by atoms with E-state index in [0.717, 1.165) is 45.3 Å². The van der Waals surface area contributed by atoms with E-state index < -0.39 is 0 Å². The summed E-state index contributed by atoms with van der Waals surface area (Å²) in [6.45, 7) is 3.98. The summed E-state index contributed by atoms with van der Waals surface area (Å²) in [4.78, 5) is 25.8. The van der Waals surface area contributed by atoms with Gasteiger partial charge in [0, 0.05) is 41.2 Å². The molecule has 1 amide bonds. The standard InChI is InChI=1S/C22H21N7O/c1-11-3-4-24-8-16(11)19-5-13-6-20(25-9-18(13)21(23)27-19)28-22(30)15-7-14(15)17-10-26-29-12(17)2/h3-6,8-10,14-15H,7H2,1-2H3,(H2,23,27)(H,26,29)(H,25,28,30). The van der Waals surface area contributed by atoms with Gasteiger partial charge in [-0.1, -0.05) is 0 Å². The lowest BCUT2D eigenvalue weighted by Crippen LogP contribution is -2.15. The zero-order chi connectivity index (χ0) is 20.8. The summed E-state index contributed by atoms with van der Waals surface area (Å²) in [5, 5.41) is 11.5. The van der Waals surface area contributed by atoms with E-state index in [1.165, 1.54) is 0 Å². The van der Waals surface area contributed by atoms with Crippen LogP contribution in [0, 0.1) is 19.8 Å². The number of carbonyl (C=O) groups is 1. The predicted molar refractivity (Wildman–Crippen MR) is 115 cm³/mol. The molecule has 0 radical (unpaired) electrons. The van der Waals surface area contributed by atoms with Gasteiger partial charge in [-0.25, -0.2) is 9.97 Å². The second kappa shape index (κ2) is 6.91. The maximum Gasteiger partial charge on any atom is 0.229 e. The molecule has 1 saturated carbocycles. The van der Waals surface area contributed by atoms with E-state index >= 15 is 0 Å². The van der Waals surface area contributed by atoms with E-state index in [2.05, 4.69) is 30.5 Å². The molecule has 2 unspecified atom stereocenters. The molecule has 4 heterocycles. The number of hydrogen-bond acceptors (Lipinski definition) is 6. The molecule has 0 aromatic carbocycles. The van der Waals surface area contributed by atoms with E-state index in [4.69, 9.17) is 5.73 Å². The van der Waals surface area contributed by atoms with Crippen LogP contribution in [0.5, 0.6) is 0 Å². The van der Waals surface area contributed by atoms with E-state index in [-0.39, 0.29) is 17.7 Å². The number of nitrogens with zero attached hydrogens (tertiary/aromatic N) is 4. The Kier molecular flexibility index (Phi) is 4.20. The maximum atomic E-state index is 12.7. The molecule has 1 aliphatic rings. The van der Waals surface area contributed by atoms with Crippen molar-refractivity contribution in [2.75, 3.05) is 11.1 Å². The molecule has 4 aromatic heterocycles. The van der Waals surface area contributed by atoms with Crippen molar-refractivity contribution in [3.05, 3.63) is 59.8 Å². The summed E-state index contributed by atoms with van der Waals surface area (Å²) in [6, 6.07) is 5.71. The van der Waals surface area contributed by atoms with E-state index in [1.807, 2.05) is 32.0 Å². The fraction of sp³-hybridized carbons (Fsp3) is 0.227. The van der Waals surface area contributed by atoms with Gasteiger partial charge in [0.05, 0.1) is 11.9 Å². The number of pyridine rings is 3. The van der Waals surface area contributed by atoms with Crippen molar-refractivity contribution in [2.45, 2.75) is 26.2 Å². The van der Waals surface area contributed by atoms with Crippen LogP contribution in [-0.4, -0.2) is 31.1 Å². The Morgan fingerprint density at radius 3 is 2.87 bits per heavy atom. The molecule has 0 saturated heterocycles. The highest BCUT2D eigenvalue weighted by molar-refractivity contribution is 5.98. The van der Waals surface area contributed by atoms with Gasteiger partial charge in [-0.3, -0.25) is 14.9 Å². The minimum atomic E-state index is -0.0603. The van der Waals surface area contributed by atoms with Crippen molar-refractivity contribution in [2.24, 2.45) is 5.92 Å². The van der Waals surface area contributed by atoms with E-state index in [0.29, 0.717) is 11.6 Å². The normalized spacial score (nSPS) is 17.8. The smallest absolute Gasteiger partial charge is 0.229 e. The SMILES string of the molecule is Cc1ccncc1-c1cc2cc(NC(=O)C3CC3c3cn[nH]c3C)ncc2c(N)n1. The molecule has 1 fully saturated rings. The van der Waals surface area contributed by atoms with Gasteiger partial charge in [0.15, 0.2) is 0 Å². The summed E-state index contributed by atoms with van der Waals surface area (Å²) in [5.74, 6) is 1.02. The van der Waals surface area contributed by atoms with Crippen LogP contribution < -0.4 is 11.1 Å².